The second kappa shape index (κ2) is 5.20. The van der Waals surface area contributed by atoms with Crippen LogP contribution in [0.4, 0.5) is 0 Å². The predicted molar refractivity (Wildman–Crippen MR) is 86.5 cm³/mol. The minimum Gasteiger partial charge on any atom is -0.360 e. The summed E-state index contributed by atoms with van der Waals surface area (Å²) in [4.78, 5) is 15.5. The number of allylic oxidation sites excluding steroid dienone is 2. The zero-order valence-electron chi connectivity index (χ0n) is 15.1. The standard InChI is InChI=1S/C18H33NO/c1-11(2)14-15(12(3)4)19(13(5)6)18(9,10)16(20)17(14,7)8/h11-13H,1-10H3. The molecule has 0 spiro atoms. The smallest absolute Gasteiger partial charge is 0.167 e. The van der Waals surface area contributed by atoms with E-state index in [2.05, 4.69) is 74.1 Å². The van der Waals surface area contributed by atoms with Crippen molar-refractivity contribution >= 4 is 5.78 Å². The van der Waals surface area contributed by atoms with Crippen molar-refractivity contribution in [2.45, 2.75) is 80.8 Å². The van der Waals surface area contributed by atoms with Crippen molar-refractivity contribution in [3.05, 3.63) is 11.3 Å². The molecule has 1 aliphatic heterocycles. The van der Waals surface area contributed by atoms with Gasteiger partial charge in [0.05, 0.1) is 5.54 Å². The third kappa shape index (κ3) is 2.42. The summed E-state index contributed by atoms with van der Waals surface area (Å²) >= 11 is 0. The molecule has 1 rings (SSSR count). The van der Waals surface area contributed by atoms with Gasteiger partial charge in [-0.1, -0.05) is 27.7 Å². The van der Waals surface area contributed by atoms with E-state index in [-0.39, 0.29) is 5.41 Å². The Bertz CT molecular complexity index is 425. The van der Waals surface area contributed by atoms with Crippen molar-refractivity contribution in [1.82, 2.24) is 4.90 Å². The molecular formula is C18H33NO. The molecule has 0 atom stereocenters. The topological polar surface area (TPSA) is 20.3 Å². The molecule has 0 aromatic carbocycles. The fraction of sp³-hybridized carbons (Fsp3) is 0.833. The van der Waals surface area contributed by atoms with Gasteiger partial charge in [0.2, 0.25) is 0 Å². The predicted octanol–water partition coefficient (Wildman–Crippen LogP) is 4.65. The van der Waals surface area contributed by atoms with Crippen LogP contribution in [0.2, 0.25) is 0 Å². The monoisotopic (exact) mass is 279 g/mol. The molecule has 20 heavy (non-hydrogen) atoms. The van der Waals surface area contributed by atoms with E-state index in [0.717, 1.165) is 0 Å². The number of ketones is 1. The minimum absolute atomic E-state index is 0.330. The van der Waals surface area contributed by atoms with Crippen LogP contribution in [0.3, 0.4) is 0 Å². The quantitative estimate of drug-likeness (QED) is 0.749. The lowest BCUT2D eigenvalue weighted by Gasteiger charge is -2.54. The Hall–Kier alpha value is -0.790. The Morgan fingerprint density at radius 3 is 1.60 bits per heavy atom. The van der Waals surface area contributed by atoms with Crippen molar-refractivity contribution in [2.75, 3.05) is 0 Å². The zero-order valence-corrected chi connectivity index (χ0v) is 15.1. The molecular weight excluding hydrogens is 246 g/mol. The van der Waals surface area contributed by atoms with Crippen LogP contribution in [0.1, 0.15) is 69.2 Å². The first-order chi connectivity index (χ1) is 8.86. The van der Waals surface area contributed by atoms with E-state index in [9.17, 15) is 4.79 Å². The molecule has 1 heterocycles. The van der Waals surface area contributed by atoms with Gasteiger partial charge in [-0.2, -0.15) is 0 Å². The molecule has 0 radical (unpaired) electrons. The van der Waals surface area contributed by atoms with Gasteiger partial charge in [-0.3, -0.25) is 4.79 Å². The number of Topliss-reactive ketones (excluding diaryl/α,β-unsaturated/α-hetero) is 1. The number of hydrogen-bond donors (Lipinski definition) is 0. The van der Waals surface area contributed by atoms with Crippen LogP contribution in [0.25, 0.3) is 0 Å². The summed E-state index contributed by atoms with van der Waals surface area (Å²) in [6, 6.07) is 0.330. The Kier molecular flexibility index (Phi) is 4.49. The molecule has 0 fully saturated rings. The fourth-order valence-corrected chi connectivity index (χ4v) is 4.28. The summed E-state index contributed by atoms with van der Waals surface area (Å²) in [6.45, 7) is 21.7. The summed E-state index contributed by atoms with van der Waals surface area (Å²) in [5, 5.41) is 0. The molecule has 0 aliphatic carbocycles. The molecule has 0 saturated heterocycles. The highest BCUT2D eigenvalue weighted by Crippen LogP contribution is 2.48. The molecule has 0 unspecified atom stereocenters. The highest BCUT2D eigenvalue weighted by molar-refractivity contribution is 5.96. The average Bonchev–Trinajstić information content (AvgIpc) is 2.23. The molecule has 2 heteroatoms. The van der Waals surface area contributed by atoms with Crippen LogP contribution in [0.5, 0.6) is 0 Å². The largest absolute Gasteiger partial charge is 0.360 e. The normalized spacial score (nSPS) is 22.4. The van der Waals surface area contributed by atoms with E-state index in [1.807, 2.05) is 0 Å². The highest BCUT2D eigenvalue weighted by Gasteiger charge is 2.52. The molecule has 2 nitrogen and oxygen atoms in total. The van der Waals surface area contributed by atoms with Gasteiger partial charge < -0.3 is 4.90 Å². The molecule has 0 aromatic heterocycles. The van der Waals surface area contributed by atoms with E-state index in [0.29, 0.717) is 23.7 Å². The van der Waals surface area contributed by atoms with Crippen LogP contribution in [0.15, 0.2) is 11.3 Å². The highest BCUT2D eigenvalue weighted by atomic mass is 16.1. The molecule has 0 saturated carbocycles. The maximum absolute atomic E-state index is 13.1. The van der Waals surface area contributed by atoms with Crippen LogP contribution in [0, 0.1) is 17.3 Å². The maximum Gasteiger partial charge on any atom is 0.167 e. The summed E-state index contributed by atoms with van der Waals surface area (Å²) in [7, 11) is 0. The molecule has 0 N–H and O–H groups in total. The van der Waals surface area contributed by atoms with Gasteiger partial charge in [0.15, 0.2) is 5.78 Å². The number of carbonyl (C=O) groups excluding carboxylic acids is 1. The number of carbonyl (C=O) groups is 1. The SMILES string of the molecule is CC(C)C1=C(C(C)C)C(C)(C)C(=O)C(C)(C)N1C(C)C. The van der Waals surface area contributed by atoms with Crippen molar-refractivity contribution in [3.8, 4) is 0 Å². The van der Waals surface area contributed by atoms with E-state index in [4.69, 9.17) is 0 Å². The summed E-state index contributed by atoms with van der Waals surface area (Å²) in [5.41, 5.74) is 1.90. The van der Waals surface area contributed by atoms with Crippen molar-refractivity contribution < 1.29 is 4.79 Å². The number of hydrogen-bond acceptors (Lipinski definition) is 2. The zero-order chi connectivity index (χ0) is 16.0. The Balaban J connectivity index is 3.74. The third-order valence-electron chi connectivity index (χ3n) is 4.58. The van der Waals surface area contributed by atoms with Gasteiger partial charge in [0.25, 0.3) is 0 Å². The van der Waals surface area contributed by atoms with E-state index >= 15 is 0 Å². The van der Waals surface area contributed by atoms with Crippen LogP contribution < -0.4 is 0 Å². The van der Waals surface area contributed by atoms with Crippen LogP contribution in [-0.2, 0) is 4.79 Å². The lowest BCUT2D eigenvalue weighted by atomic mass is 9.64. The summed E-state index contributed by atoms with van der Waals surface area (Å²) < 4.78 is 0. The van der Waals surface area contributed by atoms with Gasteiger partial charge in [0, 0.05) is 17.2 Å². The summed E-state index contributed by atoms with van der Waals surface area (Å²) in [6.07, 6.45) is 0. The van der Waals surface area contributed by atoms with Crippen molar-refractivity contribution in [3.63, 3.8) is 0 Å². The van der Waals surface area contributed by atoms with E-state index in [1.54, 1.807) is 0 Å². The number of nitrogens with zero attached hydrogens (tertiary/aromatic N) is 1. The fourth-order valence-electron chi connectivity index (χ4n) is 4.28. The molecule has 116 valence electrons. The summed E-state index contributed by atoms with van der Waals surface area (Å²) in [5.74, 6) is 1.16. The van der Waals surface area contributed by atoms with Gasteiger partial charge in [0.1, 0.15) is 0 Å². The van der Waals surface area contributed by atoms with E-state index < -0.39 is 5.54 Å². The van der Waals surface area contributed by atoms with Gasteiger partial charge >= 0.3 is 0 Å². The first kappa shape index (κ1) is 17.3. The van der Waals surface area contributed by atoms with Gasteiger partial charge in [-0.05, 0) is 59.0 Å². The third-order valence-corrected chi connectivity index (χ3v) is 4.58. The van der Waals surface area contributed by atoms with Crippen molar-refractivity contribution in [1.29, 1.82) is 0 Å². The lowest BCUT2D eigenvalue weighted by molar-refractivity contribution is -0.139. The van der Waals surface area contributed by atoms with E-state index in [1.165, 1.54) is 11.3 Å². The Labute approximate surface area is 125 Å². The minimum atomic E-state index is -0.435. The maximum atomic E-state index is 13.1. The number of rotatable bonds is 3. The second-order valence-electron chi connectivity index (χ2n) is 8.09. The first-order valence-electron chi connectivity index (χ1n) is 7.95. The lowest BCUT2D eigenvalue weighted by Crippen LogP contribution is -2.61. The van der Waals surface area contributed by atoms with Crippen LogP contribution >= 0.6 is 0 Å². The molecule has 0 bridgehead atoms. The molecule has 0 amide bonds. The van der Waals surface area contributed by atoms with Crippen molar-refractivity contribution in [2.24, 2.45) is 17.3 Å². The molecule has 1 aliphatic rings. The Morgan fingerprint density at radius 2 is 1.30 bits per heavy atom. The molecule has 0 aromatic rings. The van der Waals surface area contributed by atoms with Gasteiger partial charge in [-0.15, -0.1) is 0 Å². The second-order valence-corrected chi connectivity index (χ2v) is 8.09. The van der Waals surface area contributed by atoms with Crippen LogP contribution in [-0.4, -0.2) is 22.3 Å². The average molecular weight is 279 g/mol. The first-order valence-corrected chi connectivity index (χ1v) is 7.95. The van der Waals surface area contributed by atoms with Gasteiger partial charge in [-0.25, -0.2) is 0 Å². The Morgan fingerprint density at radius 1 is 0.850 bits per heavy atom.